The molecule has 0 fully saturated rings. The normalized spacial score (nSPS) is 15.7. The Morgan fingerprint density at radius 2 is 2.00 bits per heavy atom. The summed E-state index contributed by atoms with van der Waals surface area (Å²) in [5, 5.41) is 18.9. The molecule has 1 aliphatic heterocycles. The molecule has 0 bridgehead atoms. The van der Waals surface area contributed by atoms with Crippen molar-refractivity contribution in [2.45, 2.75) is 32.4 Å². The molecule has 1 unspecified atom stereocenters. The van der Waals surface area contributed by atoms with Gasteiger partial charge in [-0.15, -0.1) is 35.3 Å². The van der Waals surface area contributed by atoms with E-state index >= 15 is 0 Å². The van der Waals surface area contributed by atoms with E-state index in [0.29, 0.717) is 25.6 Å². The molecule has 3 rings (SSSR count). The van der Waals surface area contributed by atoms with E-state index < -0.39 is 5.60 Å². The van der Waals surface area contributed by atoms with Gasteiger partial charge in [-0.1, -0.05) is 30.3 Å². The second kappa shape index (κ2) is 10.9. The number of thiophene rings is 1. The second-order valence-corrected chi connectivity index (χ2v) is 8.08. The number of guanidine groups is 1. The first-order chi connectivity index (χ1) is 13.5. The largest absolute Gasteiger partial charge is 0.383 e. The Morgan fingerprint density at radius 1 is 1.24 bits per heavy atom. The SMILES string of the molecule is CCNC(=NCC(=O)N1CCc2ccccc2C1)NCC(C)(O)c1cccs1.I. The first kappa shape index (κ1) is 23.6. The van der Waals surface area contributed by atoms with Gasteiger partial charge in [0.2, 0.25) is 5.91 Å². The van der Waals surface area contributed by atoms with E-state index in [4.69, 9.17) is 0 Å². The van der Waals surface area contributed by atoms with Crippen LogP contribution in [0.15, 0.2) is 46.8 Å². The summed E-state index contributed by atoms with van der Waals surface area (Å²) >= 11 is 1.52. The number of amides is 1. The van der Waals surface area contributed by atoms with Crippen molar-refractivity contribution in [2.75, 3.05) is 26.2 Å². The topological polar surface area (TPSA) is 77.0 Å². The lowest BCUT2D eigenvalue weighted by Crippen LogP contribution is -2.45. The number of hydrogen-bond acceptors (Lipinski definition) is 4. The lowest BCUT2D eigenvalue weighted by molar-refractivity contribution is -0.130. The zero-order chi connectivity index (χ0) is 20.0. The van der Waals surface area contributed by atoms with E-state index in [9.17, 15) is 9.90 Å². The number of hydrogen-bond donors (Lipinski definition) is 3. The lowest BCUT2D eigenvalue weighted by atomic mass is 10.00. The third-order valence-corrected chi connectivity index (χ3v) is 5.98. The molecule has 29 heavy (non-hydrogen) atoms. The molecule has 1 amide bonds. The van der Waals surface area contributed by atoms with Crippen molar-refractivity contribution in [3.8, 4) is 0 Å². The number of benzene rings is 1. The first-order valence-corrected chi connectivity index (χ1v) is 10.5. The molecule has 6 nitrogen and oxygen atoms in total. The van der Waals surface area contributed by atoms with Crippen LogP contribution >= 0.6 is 35.3 Å². The third-order valence-electron chi connectivity index (χ3n) is 4.85. The maximum atomic E-state index is 12.6. The van der Waals surface area contributed by atoms with Crippen LogP contribution in [0, 0.1) is 0 Å². The number of carbonyl (C=O) groups is 1. The molecule has 1 atom stereocenters. The number of fused-ring (bicyclic) bond motifs is 1. The van der Waals surface area contributed by atoms with Crippen LogP contribution in [0.3, 0.4) is 0 Å². The standard InChI is InChI=1S/C21H28N4O2S.HI/c1-3-22-20(24-15-21(2,27)18-9-6-12-28-18)23-13-19(26)25-11-10-16-7-4-5-8-17(16)14-25;/h4-9,12,27H,3,10-11,13-15H2,1-2H3,(H2,22,23,24);1H. The lowest BCUT2D eigenvalue weighted by Gasteiger charge is -2.28. The summed E-state index contributed by atoms with van der Waals surface area (Å²) in [5.74, 6) is 0.543. The highest BCUT2D eigenvalue weighted by atomic mass is 127. The average Bonchev–Trinajstić information content (AvgIpc) is 3.25. The quantitative estimate of drug-likeness (QED) is 0.306. The Hall–Kier alpha value is -1.65. The number of nitrogens with one attached hydrogen (secondary N) is 2. The van der Waals surface area contributed by atoms with Crippen molar-refractivity contribution in [3.63, 3.8) is 0 Å². The van der Waals surface area contributed by atoms with Crippen LogP contribution in [0.1, 0.15) is 29.9 Å². The van der Waals surface area contributed by atoms with Gasteiger partial charge in [0.1, 0.15) is 12.1 Å². The molecule has 0 radical (unpaired) electrons. The molecule has 0 saturated carbocycles. The molecule has 2 heterocycles. The average molecular weight is 528 g/mol. The van der Waals surface area contributed by atoms with E-state index in [-0.39, 0.29) is 36.4 Å². The summed E-state index contributed by atoms with van der Waals surface area (Å²) in [5.41, 5.74) is 1.54. The van der Waals surface area contributed by atoms with E-state index in [2.05, 4.69) is 27.8 Å². The van der Waals surface area contributed by atoms with Gasteiger partial charge in [0.15, 0.2) is 5.96 Å². The fraction of sp³-hybridized carbons (Fsp3) is 0.429. The summed E-state index contributed by atoms with van der Waals surface area (Å²) in [4.78, 5) is 19.8. The highest BCUT2D eigenvalue weighted by molar-refractivity contribution is 14.0. The molecule has 158 valence electrons. The minimum Gasteiger partial charge on any atom is -0.383 e. The summed E-state index contributed by atoms with van der Waals surface area (Å²) in [6.07, 6.45) is 0.883. The molecule has 1 aliphatic rings. The summed E-state index contributed by atoms with van der Waals surface area (Å²) in [6, 6.07) is 12.1. The number of carbonyl (C=O) groups excluding carboxylic acids is 1. The zero-order valence-corrected chi connectivity index (χ0v) is 20.0. The number of aliphatic hydroxyl groups is 1. The highest BCUT2D eigenvalue weighted by Gasteiger charge is 2.25. The van der Waals surface area contributed by atoms with Gasteiger partial charge in [0.05, 0.1) is 6.54 Å². The molecule has 0 aliphatic carbocycles. The van der Waals surface area contributed by atoms with Crippen LogP contribution < -0.4 is 10.6 Å². The van der Waals surface area contributed by atoms with Crippen LogP contribution in [-0.2, 0) is 23.4 Å². The number of nitrogens with zero attached hydrogens (tertiary/aromatic N) is 2. The fourth-order valence-electron chi connectivity index (χ4n) is 3.23. The first-order valence-electron chi connectivity index (χ1n) is 9.62. The van der Waals surface area contributed by atoms with E-state index in [1.807, 2.05) is 41.5 Å². The van der Waals surface area contributed by atoms with E-state index in [0.717, 1.165) is 17.8 Å². The Kier molecular flexibility index (Phi) is 8.91. The predicted octanol–water partition coefficient (Wildman–Crippen LogP) is 2.71. The predicted molar refractivity (Wildman–Crippen MR) is 129 cm³/mol. The Balaban J connectivity index is 0.00000300. The van der Waals surface area contributed by atoms with Gasteiger partial charge in [-0.25, -0.2) is 4.99 Å². The number of halogens is 1. The second-order valence-electron chi connectivity index (χ2n) is 7.13. The van der Waals surface area contributed by atoms with Crippen LogP contribution in [0.4, 0.5) is 0 Å². The maximum absolute atomic E-state index is 12.6. The molecule has 8 heteroatoms. The molecule has 2 aromatic rings. The van der Waals surface area contributed by atoms with E-state index in [1.165, 1.54) is 22.5 Å². The fourth-order valence-corrected chi connectivity index (χ4v) is 4.01. The van der Waals surface area contributed by atoms with Crippen LogP contribution in [0.5, 0.6) is 0 Å². The van der Waals surface area contributed by atoms with E-state index in [1.54, 1.807) is 6.92 Å². The smallest absolute Gasteiger partial charge is 0.244 e. The van der Waals surface area contributed by atoms with Gasteiger partial charge in [-0.2, -0.15) is 0 Å². The maximum Gasteiger partial charge on any atom is 0.244 e. The number of rotatable bonds is 6. The van der Waals surface area contributed by atoms with Crippen molar-refractivity contribution < 1.29 is 9.90 Å². The number of aliphatic imine (C=N–C) groups is 1. The van der Waals surface area contributed by atoms with Gasteiger partial charge in [0, 0.05) is 24.5 Å². The summed E-state index contributed by atoms with van der Waals surface area (Å²) in [7, 11) is 0. The van der Waals surface area contributed by atoms with Gasteiger partial charge in [-0.05, 0) is 42.8 Å². The minimum atomic E-state index is -0.995. The van der Waals surface area contributed by atoms with Crippen molar-refractivity contribution in [3.05, 3.63) is 57.8 Å². The Labute approximate surface area is 193 Å². The van der Waals surface area contributed by atoms with Crippen LogP contribution in [0.2, 0.25) is 0 Å². The van der Waals surface area contributed by atoms with Crippen molar-refractivity contribution >= 4 is 47.2 Å². The molecule has 1 aromatic heterocycles. The molecular formula is C21H29IN4O2S. The highest BCUT2D eigenvalue weighted by Crippen LogP contribution is 2.24. The van der Waals surface area contributed by atoms with Crippen molar-refractivity contribution in [1.82, 2.24) is 15.5 Å². The summed E-state index contributed by atoms with van der Waals surface area (Å²) < 4.78 is 0. The molecule has 3 N–H and O–H groups in total. The van der Waals surface area contributed by atoms with Gasteiger partial charge >= 0.3 is 0 Å². The molecule has 0 spiro atoms. The van der Waals surface area contributed by atoms with Crippen LogP contribution in [-0.4, -0.2) is 48.1 Å². The van der Waals surface area contributed by atoms with Gasteiger partial charge in [0.25, 0.3) is 0 Å². The molecular weight excluding hydrogens is 499 g/mol. The van der Waals surface area contributed by atoms with Gasteiger partial charge in [-0.3, -0.25) is 4.79 Å². The van der Waals surface area contributed by atoms with Gasteiger partial charge < -0.3 is 20.6 Å². The Morgan fingerprint density at radius 3 is 2.69 bits per heavy atom. The molecule has 0 saturated heterocycles. The zero-order valence-electron chi connectivity index (χ0n) is 16.9. The monoisotopic (exact) mass is 528 g/mol. The van der Waals surface area contributed by atoms with Crippen molar-refractivity contribution in [1.29, 1.82) is 0 Å². The molecule has 1 aromatic carbocycles. The minimum absolute atomic E-state index is 0. The van der Waals surface area contributed by atoms with Crippen LogP contribution in [0.25, 0.3) is 0 Å². The third kappa shape index (κ3) is 6.42. The Bertz CT molecular complexity index is 824. The van der Waals surface area contributed by atoms with Crippen molar-refractivity contribution in [2.24, 2.45) is 4.99 Å². The summed E-state index contributed by atoms with van der Waals surface area (Å²) in [6.45, 7) is 6.18.